The highest BCUT2D eigenvalue weighted by Gasteiger charge is 2.21. The van der Waals surface area contributed by atoms with Gasteiger partial charge in [0.25, 0.3) is 0 Å². The van der Waals surface area contributed by atoms with Crippen LogP contribution in [0, 0.1) is 6.92 Å². The van der Waals surface area contributed by atoms with Gasteiger partial charge >= 0.3 is 13.9 Å². The molecule has 0 aliphatic carbocycles. The van der Waals surface area contributed by atoms with Crippen LogP contribution in [-0.4, -0.2) is 58.6 Å². The van der Waals surface area contributed by atoms with E-state index in [0.717, 1.165) is 11.1 Å². The minimum Gasteiger partial charge on any atom is -0.487 e. The Bertz CT molecular complexity index is 2100. The number of rotatable bonds is 15. The number of phosphoric ester groups is 1. The van der Waals surface area contributed by atoms with Gasteiger partial charge in [-0.05, 0) is 67.4 Å². The Morgan fingerprint density at radius 1 is 1.12 bits per heavy atom. The highest BCUT2D eigenvalue weighted by molar-refractivity contribution is 7.79. The van der Waals surface area contributed by atoms with Gasteiger partial charge in [-0.2, -0.15) is 0 Å². The smallest absolute Gasteiger partial charge is 0.472 e. The number of hydrogen-bond donors (Lipinski definition) is 4. The molecule has 17 heteroatoms. The molecule has 258 valence electrons. The lowest BCUT2D eigenvalue weighted by Gasteiger charge is -2.20. The monoisotopic (exact) mass is 732 g/mol. The summed E-state index contributed by atoms with van der Waals surface area (Å²) in [6.07, 6.45) is -0.498. The number of nitrogens with one attached hydrogen (secondary N) is 1. The molecule has 0 aliphatic rings. The second-order valence-corrected chi connectivity index (χ2v) is 13.1. The van der Waals surface area contributed by atoms with Crippen LogP contribution >= 0.6 is 19.4 Å². The zero-order valence-electron chi connectivity index (χ0n) is 27.8. The molecule has 0 saturated heterocycles. The van der Waals surface area contributed by atoms with Crippen molar-refractivity contribution >= 4 is 59.0 Å². The average molecular weight is 733 g/mol. The molecule has 1 amide bonds. The lowest BCUT2D eigenvalue weighted by atomic mass is 10.1. The average Bonchev–Trinajstić information content (AvgIpc) is 3.54. The van der Waals surface area contributed by atoms with E-state index in [1.165, 1.54) is 12.4 Å². The molecule has 0 bridgehead atoms. The molecule has 49 heavy (non-hydrogen) atoms. The number of anilines is 2. The number of carbonyl (C=O) groups excluding carboxylic acids is 1. The van der Waals surface area contributed by atoms with Crippen LogP contribution in [0.3, 0.4) is 0 Å². The molecule has 0 fully saturated rings. The Kier molecular flexibility index (Phi) is 11.1. The maximum atomic E-state index is 12.8. The first-order chi connectivity index (χ1) is 24.2. The maximum Gasteiger partial charge on any atom is 0.472 e. The Balaban J connectivity index is 1.33. The molecule has 0 spiro atoms. The number of hydrogen-bond acceptors (Lipinski definition) is 10. The van der Waals surface area contributed by atoms with Crippen LogP contribution in [0.1, 0.15) is 26.0 Å². The summed E-state index contributed by atoms with van der Waals surface area (Å²) in [5.41, 5.74) is 4.00. The molecule has 5 rings (SSSR count). The number of phosphoric acid groups is 1. The van der Waals surface area contributed by atoms with Gasteiger partial charge < -0.3 is 38.4 Å². The van der Waals surface area contributed by atoms with E-state index in [1.807, 2.05) is 31.2 Å². The van der Waals surface area contributed by atoms with Crippen LogP contribution in [-0.2, 0) is 38.1 Å². The highest BCUT2D eigenvalue weighted by atomic mass is 35.5. The molecule has 1 atom stereocenters. The molecule has 0 saturated carbocycles. The molecule has 3 aromatic carbocycles. The fourth-order valence-corrected chi connectivity index (χ4v) is 5.25. The largest absolute Gasteiger partial charge is 0.487 e. The minimum absolute atomic E-state index is 0.106. The van der Waals surface area contributed by atoms with Crippen molar-refractivity contribution in [3.8, 4) is 17.1 Å². The zero-order chi connectivity index (χ0) is 36.8. The quantitative estimate of drug-likeness (QED) is 0.0500. The highest BCUT2D eigenvalue weighted by Crippen LogP contribution is 2.36. The summed E-state index contributed by atoms with van der Waals surface area (Å²) < 4.78 is 68.8. The molecule has 4 N–H and O–H groups in total. The molecule has 14 nitrogen and oxygen atoms in total. The summed E-state index contributed by atoms with van der Waals surface area (Å²) in [7, 11) is -4.98. The topological polar surface area (TPSA) is 194 Å². The van der Waals surface area contributed by atoms with E-state index in [9.17, 15) is 18.1 Å². The molecule has 0 radical (unpaired) electrons. The predicted octanol–water partition coefficient (Wildman–Crippen LogP) is 6.79. The lowest BCUT2D eigenvalue weighted by molar-refractivity contribution is 0.0181. The van der Waals surface area contributed by atoms with Crippen molar-refractivity contribution in [2.45, 2.75) is 26.5 Å². The standard InChI is InChI=1S/C32H32ClN4O10PS/c1-21-4-2-5-22(14-21)18-44-30-10-7-24(16-27(30)33)36-31-26-15-23(6-9-28(26)34-19-35-31)29-11-8-25(47-29)17-37(12-3-13-49(42)43)32(38)45-20-46-48(39,40)41/h2,4-11,14-16,19H,3,12-13,17-18,20H2,1H3,(H,42,43)(H,34,35,36)(H2,39,40,41)/i12D2. The van der Waals surface area contributed by atoms with E-state index >= 15 is 0 Å². The minimum atomic E-state index is -4.98. The molecule has 2 heterocycles. The van der Waals surface area contributed by atoms with Gasteiger partial charge in [0.15, 0.2) is 11.1 Å². The Hall–Kier alpha value is -4.34. The number of aryl methyl sites for hydroxylation is 1. The molecule has 0 aliphatic heterocycles. The van der Waals surface area contributed by atoms with E-state index in [-0.39, 0.29) is 5.76 Å². The fourth-order valence-electron chi connectivity index (χ4n) is 4.56. The van der Waals surface area contributed by atoms with Crippen LogP contribution in [0.25, 0.3) is 22.2 Å². The lowest BCUT2D eigenvalue weighted by Crippen LogP contribution is -2.33. The molecule has 5 aromatic rings. The van der Waals surface area contributed by atoms with Crippen molar-refractivity contribution in [2.75, 3.05) is 24.4 Å². The van der Waals surface area contributed by atoms with Gasteiger partial charge in [-0.3, -0.25) is 0 Å². The molecule has 2 aromatic heterocycles. The first-order valence-corrected chi connectivity index (χ1v) is 17.7. The summed E-state index contributed by atoms with van der Waals surface area (Å²) in [6.45, 7) is -1.83. The van der Waals surface area contributed by atoms with Gasteiger partial charge in [0.05, 0.1) is 22.8 Å². The van der Waals surface area contributed by atoms with Gasteiger partial charge in [-0.1, -0.05) is 41.4 Å². The van der Waals surface area contributed by atoms with Gasteiger partial charge in [0.1, 0.15) is 36.0 Å². The van der Waals surface area contributed by atoms with Crippen molar-refractivity contribution in [3.63, 3.8) is 0 Å². The van der Waals surface area contributed by atoms with E-state index in [4.69, 9.17) is 38.0 Å². The third kappa shape index (κ3) is 10.6. The van der Waals surface area contributed by atoms with Gasteiger partial charge in [0.2, 0.25) is 6.79 Å². The Labute approximate surface area is 291 Å². The summed E-state index contributed by atoms with van der Waals surface area (Å²) in [4.78, 5) is 39.8. The van der Waals surface area contributed by atoms with Crippen LogP contribution < -0.4 is 10.1 Å². The second-order valence-electron chi connectivity index (χ2n) is 10.4. The first-order valence-electron chi connectivity index (χ1n) is 15.5. The maximum absolute atomic E-state index is 12.8. The van der Waals surface area contributed by atoms with Crippen molar-refractivity contribution in [3.05, 3.63) is 101 Å². The summed E-state index contributed by atoms with van der Waals surface area (Å²) in [5, 5.41) is 4.29. The SMILES string of the molecule is [2H]C([2H])(CCS(=O)O)N(Cc1ccc(-c2ccc3ncnc(Nc4ccc(OCc5cccc(C)c5)c(Cl)c4)c3c2)o1)C(=O)OCOP(=O)(O)O. The van der Waals surface area contributed by atoms with Crippen LogP contribution in [0.4, 0.5) is 16.3 Å². The summed E-state index contributed by atoms with van der Waals surface area (Å²) in [6, 6.07) is 21.7. The van der Waals surface area contributed by atoms with Crippen LogP contribution in [0.2, 0.25) is 5.02 Å². The summed E-state index contributed by atoms with van der Waals surface area (Å²) in [5.74, 6) is 0.931. The fraction of sp³-hybridized carbons (Fsp3) is 0.219. The third-order valence-corrected chi connectivity index (χ3v) is 8.06. The van der Waals surface area contributed by atoms with Crippen molar-refractivity contribution in [2.24, 2.45) is 0 Å². The van der Waals surface area contributed by atoms with E-state index in [2.05, 4.69) is 19.8 Å². The number of carbonyl (C=O) groups is 1. The number of amides is 1. The van der Waals surface area contributed by atoms with Crippen LogP contribution in [0.15, 0.2) is 83.5 Å². The van der Waals surface area contributed by atoms with Gasteiger partial charge in [0, 0.05) is 25.9 Å². The van der Waals surface area contributed by atoms with Gasteiger partial charge in [-0.15, -0.1) is 0 Å². The van der Waals surface area contributed by atoms with Gasteiger partial charge in [-0.25, -0.2) is 28.1 Å². The van der Waals surface area contributed by atoms with Crippen LogP contribution in [0.5, 0.6) is 5.75 Å². The Morgan fingerprint density at radius 2 is 1.96 bits per heavy atom. The number of benzene rings is 3. The molecular weight excluding hydrogens is 699 g/mol. The number of halogens is 1. The van der Waals surface area contributed by atoms with E-state index in [1.54, 1.807) is 42.5 Å². The van der Waals surface area contributed by atoms with Crippen molar-refractivity contribution in [1.29, 1.82) is 0 Å². The Morgan fingerprint density at radius 3 is 2.71 bits per heavy atom. The number of fused-ring (bicyclic) bond motifs is 1. The first kappa shape index (κ1) is 33.2. The molecular formula is C32H32ClN4O10PS. The number of furan rings is 1. The predicted molar refractivity (Wildman–Crippen MR) is 183 cm³/mol. The van der Waals surface area contributed by atoms with E-state index < -0.39 is 57.0 Å². The summed E-state index contributed by atoms with van der Waals surface area (Å²) >= 11 is 4.19. The normalized spacial score (nSPS) is 13.0. The van der Waals surface area contributed by atoms with Crippen molar-refractivity contribution in [1.82, 2.24) is 14.9 Å². The molecule has 1 unspecified atom stereocenters. The zero-order valence-corrected chi connectivity index (χ0v) is 28.3. The number of nitrogens with zero attached hydrogens (tertiary/aromatic N) is 3. The van der Waals surface area contributed by atoms with E-state index in [0.29, 0.717) is 56.0 Å². The number of aromatic nitrogens is 2. The third-order valence-electron chi connectivity index (χ3n) is 6.77. The number of ether oxygens (including phenoxy) is 2. The second kappa shape index (κ2) is 16.4. The van der Waals surface area contributed by atoms with Crippen molar-refractivity contribution < 1.29 is 49.1 Å².